The molecular weight excluding hydrogens is 352 g/mol. The summed E-state index contributed by atoms with van der Waals surface area (Å²) in [5.74, 6) is 1.06. The van der Waals surface area contributed by atoms with Crippen LogP contribution in [0.5, 0.6) is 0 Å². The molecule has 0 radical (unpaired) electrons. The van der Waals surface area contributed by atoms with E-state index < -0.39 is 0 Å². The Morgan fingerprint density at radius 1 is 1.07 bits per heavy atom. The Morgan fingerprint density at radius 2 is 1.79 bits per heavy atom. The third kappa shape index (κ3) is 4.57. The largest absolute Gasteiger partial charge is 0.372 e. The van der Waals surface area contributed by atoms with E-state index in [0.29, 0.717) is 44.4 Å². The predicted molar refractivity (Wildman–Crippen MR) is 108 cm³/mol. The smallest absolute Gasteiger partial charge is 0.225 e. The summed E-state index contributed by atoms with van der Waals surface area (Å²) in [6, 6.07) is 10.1. The number of hydrogen-bond donors (Lipinski definition) is 0. The van der Waals surface area contributed by atoms with Crippen molar-refractivity contribution in [1.82, 2.24) is 9.80 Å². The molecule has 2 aliphatic heterocycles. The average molecular weight is 385 g/mol. The van der Waals surface area contributed by atoms with Crippen LogP contribution in [0.3, 0.4) is 0 Å². The molecule has 0 unspecified atom stereocenters. The van der Waals surface area contributed by atoms with Gasteiger partial charge in [-0.1, -0.05) is 43.2 Å². The normalized spacial score (nSPS) is 23.2. The number of amides is 2. The van der Waals surface area contributed by atoms with Gasteiger partial charge in [0.2, 0.25) is 11.8 Å². The number of carbonyl (C=O) groups is 2. The molecule has 1 saturated carbocycles. The van der Waals surface area contributed by atoms with Gasteiger partial charge in [0, 0.05) is 32.6 Å². The highest BCUT2D eigenvalue weighted by molar-refractivity contribution is 5.78. The third-order valence-corrected chi connectivity index (χ3v) is 6.78. The van der Waals surface area contributed by atoms with Crippen molar-refractivity contribution in [3.63, 3.8) is 0 Å². The highest BCUT2D eigenvalue weighted by Gasteiger charge is 2.41. The van der Waals surface area contributed by atoms with Gasteiger partial charge in [-0.2, -0.15) is 0 Å². The van der Waals surface area contributed by atoms with Crippen LogP contribution in [0.15, 0.2) is 30.3 Å². The van der Waals surface area contributed by atoms with Crippen LogP contribution < -0.4 is 0 Å². The van der Waals surface area contributed by atoms with Gasteiger partial charge >= 0.3 is 0 Å². The van der Waals surface area contributed by atoms with Crippen molar-refractivity contribution >= 4 is 11.8 Å². The van der Waals surface area contributed by atoms with Crippen molar-refractivity contribution in [2.24, 2.45) is 5.92 Å². The summed E-state index contributed by atoms with van der Waals surface area (Å²) in [7, 11) is 0. The van der Waals surface area contributed by atoms with E-state index in [1.807, 2.05) is 28.0 Å². The second-order valence-electron chi connectivity index (χ2n) is 8.74. The van der Waals surface area contributed by atoms with E-state index in [9.17, 15) is 9.59 Å². The quantitative estimate of drug-likeness (QED) is 0.800. The highest BCUT2D eigenvalue weighted by atomic mass is 16.5. The molecule has 0 aromatic heterocycles. The summed E-state index contributed by atoms with van der Waals surface area (Å²) in [6.07, 6.45) is 7.65. The fourth-order valence-electron chi connectivity index (χ4n) is 4.98. The second-order valence-corrected chi connectivity index (χ2v) is 8.74. The van der Waals surface area contributed by atoms with Gasteiger partial charge in [-0.25, -0.2) is 0 Å². The minimum Gasteiger partial charge on any atom is -0.372 e. The molecule has 0 bridgehead atoms. The first-order valence-corrected chi connectivity index (χ1v) is 10.9. The number of likely N-dealkylation sites (tertiary alicyclic amines) is 1. The SMILES string of the molecule is O=C(CC1CCCC1)N1CCC2(CC1)CC(=O)N(Cc1ccccc1)CCO2. The Bertz CT molecular complexity index is 676. The van der Waals surface area contributed by atoms with Gasteiger partial charge in [0.15, 0.2) is 0 Å². The molecule has 0 N–H and O–H groups in total. The van der Waals surface area contributed by atoms with Gasteiger partial charge < -0.3 is 14.5 Å². The predicted octanol–water partition coefficient (Wildman–Crippen LogP) is 3.38. The molecule has 0 atom stereocenters. The summed E-state index contributed by atoms with van der Waals surface area (Å²) < 4.78 is 6.23. The standard InChI is InChI=1S/C23H32N2O3/c26-21(16-19-6-4-5-7-19)24-12-10-23(11-13-24)17-22(27)25(14-15-28-23)18-20-8-2-1-3-9-20/h1-3,8-9,19H,4-7,10-18H2. The molecule has 2 saturated heterocycles. The second kappa shape index (κ2) is 8.64. The average Bonchev–Trinajstić information content (AvgIpc) is 3.16. The molecule has 3 aliphatic rings. The van der Waals surface area contributed by atoms with Gasteiger partial charge in [-0.3, -0.25) is 9.59 Å². The number of piperidine rings is 1. The fraction of sp³-hybridized carbons (Fsp3) is 0.652. The fourth-order valence-corrected chi connectivity index (χ4v) is 4.98. The summed E-state index contributed by atoms with van der Waals surface area (Å²) in [5.41, 5.74) is 0.770. The molecule has 4 rings (SSSR count). The minimum atomic E-state index is -0.382. The van der Waals surface area contributed by atoms with Crippen LogP contribution in [-0.4, -0.2) is 53.5 Å². The first-order chi connectivity index (χ1) is 13.6. The molecular formula is C23H32N2O3. The number of hydrogen-bond acceptors (Lipinski definition) is 3. The first kappa shape index (κ1) is 19.4. The number of ether oxygens (including phenoxy) is 1. The monoisotopic (exact) mass is 384 g/mol. The molecule has 1 spiro atoms. The van der Waals surface area contributed by atoms with Crippen LogP contribution in [0.2, 0.25) is 0 Å². The minimum absolute atomic E-state index is 0.173. The molecule has 2 amide bonds. The van der Waals surface area contributed by atoms with Gasteiger partial charge in [0.05, 0.1) is 18.6 Å². The Kier molecular flexibility index (Phi) is 6.00. The molecule has 2 heterocycles. The zero-order valence-electron chi connectivity index (χ0n) is 16.8. The van der Waals surface area contributed by atoms with Gasteiger partial charge in [0.25, 0.3) is 0 Å². The van der Waals surface area contributed by atoms with E-state index >= 15 is 0 Å². The molecule has 3 fully saturated rings. The lowest BCUT2D eigenvalue weighted by Crippen LogP contribution is -2.49. The van der Waals surface area contributed by atoms with Crippen LogP contribution in [0.4, 0.5) is 0 Å². The number of carbonyl (C=O) groups excluding carboxylic acids is 2. The Morgan fingerprint density at radius 3 is 2.50 bits per heavy atom. The zero-order valence-corrected chi connectivity index (χ0v) is 16.8. The Labute approximate surface area is 168 Å². The lowest BCUT2D eigenvalue weighted by Gasteiger charge is -2.40. The number of rotatable bonds is 4. The molecule has 5 nitrogen and oxygen atoms in total. The van der Waals surface area contributed by atoms with Crippen molar-refractivity contribution in [2.45, 2.75) is 63.5 Å². The van der Waals surface area contributed by atoms with Crippen molar-refractivity contribution < 1.29 is 14.3 Å². The maximum absolute atomic E-state index is 12.9. The lowest BCUT2D eigenvalue weighted by atomic mass is 9.87. The topological polar surface area (TPSA) is 49.9 Å². The van der Waals surface area contributed by atoms with Crippen LogP contribution in [-0.2, 0) is 20.9 Å². The lowest BCUT2D eigenvalue weighted by molar-refractivity contribution is -0.142. The number of nitrogens with zero attached hydrogens (tertiary/aromatic N) is 2. The third-order valence-electron chi connectivity index (χ3n) is 6.78. The maximum Gasteiger partial charge on any atom is 0.225 e. The molecule has 5 heteroatoms. The summed E-state index contributed by atoms with van der Waals surface area (Å²) >= 11 is 0. The molecule has 1 aromatic carbocycles. The van der Waals surface area contributed by atoms with Crippen molar-refractivity contribution in [3.05, 3.63) is 35.9 Å². The van der Waals surface area contributed by atoms with E-state index in [0.717, 1.165) is 31.5 Å². The van der Waals surface area contributed by atoms with E-state index in [1.165, 1.54) is 25.7 Å². The van der Waals surface area contributed by atoms with Crippen LogP contribution >= 0.6 is 0 Å². The van der Waals surface area contributed by atoms with Gasteiger partial charge in [-0.05, 0) is 37.2 Å². The van der Waals surface area contributed by atoms with E-state index in [-0.39, 0.29) is 11.5 Å². The highest BCUT2D eigenvalue weighted by Crippen LogP contribution is 2.34. The summed E-state index contributed by atoms with van der Waals surface area (Å²) in [4.78, 5) is 29.4. The Balaban J connectivity index is 1.31. The van der Waals surface area contributed by atoms with Crippen LogP contribution in [0.1, 0.15) is 56.9 Å². The van der Waals surface area contributed by atoms with Crippen LogP contribution in [0.25, 0.3) is 0 Å². The Hall–Kier alpha value is -1.88. The van der Waals surface area contributed by atoms with Crippen LogP contribution in [0, 0.1) is 5.92 Å². The van der Waals surface area contributed by atoms with Gasteiger partial charge in [0.1, 0.15) is 0 Å². The van der Waals surface area contributed by atoms with E-state index in [1.54, 1.807) is 0 Å². The molecule has 1 aromatic rings. The first-order valence-electron chi connectivity index (χ1n) is 10.9. The van der Waals surface area contributed by atoms with Crippen molar-refractivity contribution in [2.75, 3.05) is 26.2 Å². The van der Waals surface area contributed by atoms with Crippen molar-refractivity contribution in [3.8, 4) is 0 Å². The van der Waals surface area contributed by atoms with Crippen molar-refractivity contribution in [1.29, 1.82) is 0 Å². The van der Waals surface area contributed by atoms with E-state index in [4.69, 9.17) is 4.74 Å². The molecule has 28 heavy (non-hydrogen) atoms. The molecule has 152 valence electrons. The maximum atomic E-state index is 12.9. The molecule has 1 aliphatic carbocycles. The number of benzene rings is 1. The summed E-state index contributed by atoms with van der Waals surface area (Å²) in [5, 5.41) is 0. The van der Waals surface area contributed by atoms with E-state index in [2.05, 4.69) is 12.1 Å². The van der Waals surface area contributed by atoms with Gasteiger partial charge in [-0.15, -0.1) is 0 Å². The summed E-state index contributed by atoms with van der Waals surface area (Å²) in [6.45, 7) is 3.30. The zero-order chi connectivity index (χ0) is 19.4.